The third kappa shape index (κ3) is 5.64. The van der Waals surface area contributed by atoms with E-state index in [0.717, 1.165) is 17.4 Å². The van der Waals surface area contributed by atoms with Gasteiger partial charge in [0.2, 0.25) is 5.13 Å². The van der Waals surface area contributed by atoms with Crippen molar-refractivity contribution < 1.29 is 36.6 Å². The van der Waals surface area contributed by atoms with Crippen LogP contribution in [0.15, 0.2) is 35.7 Å². The molecule has 0 atom stereocenters. The zero-order valence-corrected chi connectivity index (χ0v) is 18.1. The second kappa shape index (κ2) is 9.94. The Balaban J connectivity index is 1.94. The summed E-state index contributed by atoms with van der Waals surface area (Å²) < 4.78 is 65.0. The van der Waals surface area contributed by atoms with E-state index in [1.54, 1.807) is 19.1 Å². The molecule has 0 saturated heterocycles. The fourth-order valence-electron chi connectivity index (χ4n) is 2.63. The Morgan fingerprint density at radius 2 is 1.91 bits per heavy atom. The zero-order chi connectivity index (χ0) is 24.2. The predicted molar refractivity (Wildman–Crippen MR) is 112 cm³/mol. The second-order valence-electron chi connectivity index (χ2n) is 6.52. The molecule has 3 aromatic rings. The third-order valence-corrected chi connectivity index (χ3v) is 4.91. The van der Waals surface area contributed by atoms with E-state index in [9.17, 15) is 27.2 Å². The molecule has 0 saturated carbocycles. The number of halogens is 4. The van der Waals surface area contributed by atoms with E-state index in [0.29, 0.717) is 16.0 Å². The molecule has 0 aliphatic carbocycles. The summed E-state index contributed by atoms with van der Waals surface area (Å²) in [4.78, 5) is 26.7. The van der Waals surface area contributed by atoms with Crippen molar-refractivity contribution in [2.75, 3.05) is 6.61 Å². The molecule has 0 spiro atoms. The molecular weight excluding hydrogens is 466 g/mol. The highest BCUT2D eigenvalue weighted by Gasteiger charge is 2.46. The van der Waals surface area contributed by atoms with Crippen molar-refractivity contribution in [1.29, 1.82) is 0 Å². The number of carbonyl (C=O) groups is 2. The molecule has 0 aliphatic heterocycles. The SMILES string of the molecule is CCOC(=O)c1csc(-n2nc(C=Cc3ccc(OC(C)=O)cc3)cc2C(F)(F)C(F)F)n1. The number of carbonyl (C=O) groups excluding carboxylic acids is 2. The van der Waals surface area contributed by atoms with Crippen LogP contribution in [0.5, 0.6) is 5.75 Å². The molecule has 7 nitrogen and oxygen atoms in total. The molecule has 0 bridgehead atoms. The van der Waals surface area contributed by atoms with Gasteiger partial charge in [-0.05, 0) is 36.8 Å². The van der Waals surface area contributed by atoms with Crippen LogP contribution in [0.3, 0.4) is 0 Å². The highest BCUT2D eigenvalue weighted by molar-refractivity contribution is 7.12. The molecule has 2 heterocycles. The maximum Gasteiger partial charge on any atom is 0.357 e. The van der Waals surface area contributed by atoms with E-state index >= 15 is 0 Å². The van der Waals surface area contributed by atoms with Crippen molar-refractivity contribution in [3.8, 4) is 10.9 Å². The molecule has 0 amide bonds. The van der Waals surface area contributed by atoms with Crippen molar-refractivity contribution >= 4 is 35.4 Å². The largest absolute Gasteiger partial charge is 0.461 e. The Hall–Kier alpha value is -3.54. The van der Waals surface area contributed by atoms with Crippen LogP contribution in [-0.4, -0.2) is 39.7 Å². The van der Waals surface area contributed by atoms with Gasteiger partial charge in [0.05, 0.1) is 12.3 Å². The van der Waals surface area contributed by atoms with E-state index in [1.807, 2.05) is 0 Å². The molecule has 0 fully saturated rings. The summed E-state index contributed by atoms with van der Waals surface area (Å²) in [5, 5.41) is 5.03. The summed E-state index contributed by atoms with van der Waals surface area (Å²) in [5.74, 6) is -5.44. The van der Waals surface area contributed by atoms with Gasteiger partial charge in [-0.3, -0.25) is 4.79 Å². The maximum atomic E-state index is 14.2. The van der Waals surface area contributed by atoms with Gasteiger partial charge in [0.25, 0.3) is 0 Å². The van der Waals surface area contributed by atoms with E-state index < -0.39 is 30.0 Å². The van der Waals surface area contributed by atoms with Crippen LogP contribution >= 0.6 is 11.3 Å². The number of esters is 2. The minimum absolute atomic E-state index is 0.0396. The number of ether oxygens (including phenoxy) is 2. The van der Waals surface area contributed by atoms with Crippen molar-refractivity contribution in [1.82, 2.24) is 14.8 Å². The van der Waals surface area contributed by atoms with Gasteiger partial charge in [-0.2, -0.15) is 13.9 Å². The monoisotopic (exact) mass is 483 g/mol. The number of alkyl halides is 4. The van der Waals surface area contributed by atoms with Crippen molar-refractivity contribution in [3.63, 3.8) is 0 Å². The van der Waals surface area contributed by atoms with E-state index in [4.69, 9.17) is 9.47 Å². The zero-order valence-electron chi connectivity index (χ0n) is 17.3. The summed E-state index contributed by atoms with van der Waals surface area (Å²) in [6.07, 6.45) is -1.12. The average molecular weight is 483 g/mol. The van der Waals surface area contributed by atoms with Gasteiger partial charge in [0.1, 0.15) is 11.4 Å². The van der Waals surface area contributed by atoms with E-state index in [-0.39, 0.29) is 23.1 Å². The summed E-state index contributed by atoms with van der Waals surface area (Å²) in [5.41, 5.74) is -0.653. The summed E-state index contributed by atoms with van der Waals surface area (Å²) in [6, 6.07) is 7.09. The average Bonchev–Trinajstić information content (AvgIpc) is 3.40. The number of benzene rings is 1. The van der Waals surface area contributed by atoms with Crippen LogP contribution in [0.4, 0.5) is 17.6 Å². The molecular formula is C21H17F4N3O4S. The molecule has 0 aliphatic rings. The normalized spacial score (nSPS) is 11.8. The van der Waals surface area contributed by atoms with Crippen LogP contribution in [0.25, 0.3) is 17.3 Å². The quantitative estimate of drug-likeness (QED) is 0.256. The number of rotatable bonds is 8. The molecule has 0 unspecified atom stereocenters. The van der Waals surface area contributed by atoms with Crippen molar-refractivity contribution in [2.45, 2.75) is 26.2 Å². The van der Waals surface area contributed by atoms with Gasteiger partial charge in [-0.1, -0.05) is 18.2 Å². The standard InChI is InChI=1S/C21H17F4N3O4S/c1-3-31-18(30)16-11-33-20(26-16)28-17(21(24,25)19(22)23)10-14(27-28)7-4-13-5-8-15(9-6-13)32-12(2)29/h4-11,19H,3H2,1-2H3. The molecule has 0 N–H and O–H groups in total. The lowest BCUT2D eigenvalue weighted by atomic mass is 10.2. The van der Waals surface area contributed by atoms with Crippen LogP contribution < -0.4 is 4.74 Å². The smallest absolute Gasteiger partial charge is 0.357 e. The van der Waals surface area contributed by atoms with Crippen LogP contribution in [0.1, 0.15) is 41.3 Å². The minimum Gasteiger partial charge on any atom is -0.461 e. The number of thiazole rings is 1. The summed E-state index contributed by atoms with van der Waals surface area (Å²) in [6.45, 7) is 2.93. The van der Waals surface area contributed by atoms with Gasteiger partial charge < -0.3 is 9.47 Å². The fourth-order valence-corrected chi connectivity index (χ4v) is 3.39. The van der Waals surface area contributed by atoms with Crippen LogP contribution in [-0.2, 0) is 15.5 Å². The Morgan fingerprint density at radius 3 is 2.52 bits per heavy atom. The number of aromatic nitrogens is 3. The maximum absolute atomic E-state index is 14.2. The lowest BCUT2D eigenvalue weighted by Gasteiger charge is -2.15. The van der Waals surface area contributed by atoms with Gasteiger partial charge in [-0.25, -0.2) is 23.2 Å². The van der Waals surface area contributed by atoms with Gasteiger partial charge in [0, 0.05) is 12.3 Å². The molecule has 33 heavy (non-hydrogen) atoms. The first kappa shape index (κ1) is 24.1. The molecule has 12 heteroatoms. The molecule has 3 rings (SSSR count). The highest BCUT2D eigenvalue weighted by atomic mass is 32.1. The third-order valence-electron chi connectivity index (χ3n) is 4.09. The second-order valence-corrected chi connectivity index (χ2v) is 7.36. The Bertz CT molecular complexity index is 1170. The first-order valence-corrected chi connectivity index (χ1v) is 10.4. The van der Waals surface area contributed by atoms with E-state index in [1.165, 1.54) is 36.6 Å². The molecule has 174 valence electrons. The van der Waals surface area contributed by atoms with E-state index in [2.05, 4.69) is 10.1 Å². The molecule has 0 radical (unpaired) electrons. The lowest BCUT2D eigenvalue weighted by molar-refractivity contribution is -0.139. The number of hydrogen-bond donors (Lipinski definition) is 0. The first-order chi connectivity index (χ1) is 15.6. The summed E-state index contributed by atoms with van der Waals surface area (Å²) >= 11 is 0.778. The van der Waals surface area contributed by atoms with Crippen LogP contribution in [0.2, 0.25) is 0 Å². The fraction of sp³-hybridized carbons (Fsp3) is 0.238. The Kier molecular flexibility index (Phi) is 7.26. The van der Waals surface area contributed by atoms with Crippen LogP contribution in [0, 0.1) is 0 Å². The highest BCUT2D eigenvalue weighted by Crippen LogP contribution is 2.37. The Morgan fingerprint density at radius 1 is 1.21 bits per heavy atom. The number of hydrogen-bond acceptors (Lipinski definition) is 7. The van der Waals surface area contributed by atoms with Crippen molar-refractivity contribution in [2.24, 2.45) is 0 Å². The van der Waals surface area contributed by atoms with Crippen molar-refractivity contribution in [3.05, 3.63) is 58.4 Å². The summed E-state index contributed by atoms with van der Waals surface area (Å²) in [7, 11) is 0. The lowest BCUT2D eigenvalue weighted by Crippen LogP contribution is -2.27. The minimum atomic E-state index is -4.51. The molecule has 2 aromatic heterocycles. The van der Waals surface area contributed by atoms with Gasteiger partial charge in [0.15, 0.2) is 5.69 Å². The molecule has 1 aromatic carbocycles. The Labute approximate surface area is 189 Å². The first-order valence-electron chi connectivity index (χ1n) is 9.48. The van der Waals surface area contributed by atoms with Gasteiger partial charge in [-0.15, -0.1) is 11.3 Å². The van der Waals surface area contributed by atoms with Gasteiger partial charge >= 0.3 is 24.3 Å². The topological polar surface area (TPSA) is 83.3 Å². The predicted octanol–water partition coefficient (Wildman–Crippen LogP) is 4.96. The number of nitrogens with zero attached hydrogens (tertiary/aromatic N) is 3.